The van der Waals surface area contributed by atoms with Gasteiger partial charge < -0.3 is 10.6 Å². The standard InChI is InChI=1S/C13H25N3O/c1-3-10(2)12(14)13(17)16-8-6-15(7-9-16)11-4-5-11/h10-12H,3-9,14H2,1-2H3/t10-,12-/m0/s1. The van der Waals surface area contributed by atoms with E-state index in [2.05, 4.69) is 18.7 Å². The molecule has 0 unspecified atom stereocenters. The summed E-state index contributed by atoms with van der Waals surface area (Å²) in [6.07, 6.45) is 3.66. The average molecular weight is 239 g/mol. The smallest absolute Gasteiger partial charge is 0.239 e. The van der Waals surface area contributed by atoms with Gasteiger partial charge in [-0.2, -0.15) is 0 Å². The molecule has 2 rings (SSSR count). The molecular weight excluding hydrogens is 214 g/mol. The lowest BCUT2D eigenvalue weighted by molar-refractivity contribution is -0.135. The highest BCUT2D eigenvalue weighted by Gasteiger charge is 2.33. The largest absolute Gasteiger partial charge is 0.339 e. The Morgan fingerprint density at radius 1 is 1.29 bits per heavy atom. The molecule has 2 N–H and O–H groups in total. The van der Waals surface area contributed by atoms with E-state index in [0.717, 1.165) is 38.6 Å². The second-order valence-electron chi connectivity index (χ2n) is 5.50. The van der Waals surface area contributed by atoms with E-state index in [0.29, 0.717) is 0 Å². The molecule has 0 aromatic heterocycles. The van der Waals surface area contributed by atoms with Crippen molar-refractivity contribution in [3.05, 3.63) is 0 Å². The zero-order valence-electron chi connectivity index (χ0n) is 11.1. The number of nitrogens with zero attached hydrogens (tertiary/aromatic N) is 2. The summed E-state index contributed by atoms with van der Waals surface area (Å²) in [5.41, 5.74) is 6.00. The fourth-order valence-corrected chi connectivity index (χ4v) is 2.46. The highest BCUT2D eigenvalue weighted by atomic mass is 16.2. The predicted molar refractivity (Wildman–Crippen MR) is 68.6 cm³/mol. The molecule has 0 bridgehead atoms. The van der Waals surface area contributed by atoms with Crippen molar-refractivity contribution in [2.45, 2.75) is 45.2 Å². The van der Waals surface area contributed by atoms with Gasteiger partial charge in [0.2, 0.25) is 5.91 Å². The number of hydrogen-bond donors (Lipinski definition) is 1. The van der Waals surface area contributed by atoms with Gasteiger partial charge in [-0.25, -0.2) is 0 Å². The van der Waals surface area contributed by atoms with Crippen LogP contribution in [0.15, 0.2) is 0 Å². The molecule has 1 saturated carbocycles. The van der Waals surface area contributed by atoms with E-state index in [-0.39, 0.29) is 17.9 Å². The lowest BCUT2D eigenvalue weighted by atomic mass is 9.98. The highest BCUT2D eigenvalue weighted by Crippen LogP contribution is 2.27. The molecule has 4 nitrogen and oxygen atoms in total. The van der Waals surface area contributed by atoms with Crippen molar-refractivity contribution in [2.75, 3.05) is 26.2 Å². The zero-order chi connectivity index (χ0) is 12.4. The van der Waals surface area contributed by atoms with Crippen LogP contribution in [0.3, 0.4) is 0 Å². The molecule has 0 aromatic rings. The van der Waals surface area contributed by atoms with E-state index in [1.807, 2.05) is 4.90 Å². The van der Waals surface area contributed by atoms with Crippen molar-refractivity contribution in [1.82, 2.24) is 9.80 Å². The lowest BCUT2D eigenvalue weighted by Gasteiger charge is -2.36. The molecule has 4 heteroatoms. The first-order valence-corrected chi connectivity index (χ1v) is 6.92. The minimum atomic E-state index is -0.313. The molecule has 0 radical (unpaired) electrons. The Morgan fingerprint density at radius 2 is 1.88 bits per heavy atom. The summed E-state index contributed by atoms with van der Waals surface area (Å²) in [6.45, 7) is 7.93. The molecule has 0 aromatic carbocycles. The van der Waals surface area contributed by atoms with E-state index in [1.165, 1.54) is 12.8 Å². The molecule has 98 valence electrons. The Labute approximate surface area is 104 Å². The van der Waals surface area contributed by atoms with Gasteiger partial charge in [0, 0.05) is 32.2 Å². The number of hydrogen-bond acceptors (Lipinski definition) is 3. The molecule has 2 fully saturated rings. The van der Waals surface area contributed by atoms with Crippen LogP contribution in [-0.4, -0.2) is 54.0 Å². The molecule has 1 aliphatic heterocycles. The molecule has 2 aliphatic rings. The van der Waals surface area contributed by atoms with Gasteiger partial charge >= 0.3 is 0 Å². The molecule has 1 amide bonds. The van der Waals surface area contributed by atoms with Crippen LogP contribution < -0.4 is 5.73 Å². The summed E-state index contributed by atoms with van der Waals surface area (Å²) < 4.78 is 0. The van der Waals surface area contributed by atoms with Crippen molar-refractivity contribution in [2.24, 2.45) is 11.7 Å². The molecule has 2 atom stereocenters. The third kappa shape index (κ3) is 2.99. The number of piperazine rings is 1. The van der Waals surface area contributed by atoms with Crippen molar-refractivity contribution >= 4 is 5.91 Å². The van der Waals surface area contributed by atoms with Crippen LogP contribution in [0.4, 0.5) is 0 Å². The van der Waals surface area contributed by atoms with E-state index in [1.54, 1.807) is 0 Å². The van der Waals surface area contributed by atoms with Crippen molar-refractivity contribution in [1.29, 1.82) is 0 Å². The molecule has 17 heavy (non-hydrogen) atoms. The SMILES string of the molecule is CC[C@H](C)[C@H](N)C(=O)N1CCN(C2CC2)CC1. The summed E-state index contributed by atoms with van der Waals surface area (Å²) in [7, 11) is 0. The van der Waals surface area contributed by atoms with Crippen LogP contribution in [0, 0.1) is 5.92 Å². The Bertz CT molecular complexity index is 270. The Morgan fingerprint density at radius 3 is 2.35 bits per heavy atom. The summed E-state index contributed by atoms with van der Waals surface area (Å²) >= 11 is 0. The number of amides is 1. The van der Waals surface area contributed by atoms with Gasteiger partial charge in [-0.15, -0.1) is 0 Å². The fourth-order valence-electron chi connectivity index (χ4n) is 2.46. The van der Waals surface area contributed by atoms with Crippen LogP contribution in [0.1, 0.15) is 33.1 Å². The summed E-state index contributed by atoms with van der Waals surface area (Å²) in [5.74, 6) is 0.429. The minimum absolute atomic E-state index is 0.148. The van der Waals surface area contributed by atoms with Crippen molar-refractivity contribution < 1.29 is 4.79 Å². The quantitative estimate of drug-likeness (QED) is 0.784. The van der Waals surface area contributed by atoms with Crippen LogP contribution >= 0.6 is 0 Å². The molecular formula is C13H25N3O. The number of carbonyl (C=O) groups is 1. The number of rotatable bonds is 4. The van der Waals surface area contributed by atoms with Gasteiger partial charge in [0.25, 0.3) is 0 Å². The van der Waals surface area contributed by atoms with E-state index in [4.69, 9.17) is 5.73 Å². The first-order chi connectivity index (χ1) is 8.13. The van der Waals surface area contributed by atoms with Crippen LogP contribution in [0.25, 0.3) is 0 Å². The second kappa shape index (κ2) is 5.36. The zero-order valence-corrected chi connectivity index (χ0v) is 11.1. The van der Waals surface area contributed by atoms with E-state index >= 15 is 0 Å². The normalized spacial score (nSPS) is 25.7. The van der Waals surface area contributed by atoms with Crippen molar-refractivity contribution in [3.8, 4) is 0 Å². The van der Waals surface area contributed by atoms with Gasteiger partial charge in [0.15, 0.2) is 0 Å². The predicted octanol–water partition coefficient (Wildman–Crippen LogP) is 0.666. The molecule has 1 heterocycles. The van der Waals surface area contributed by atoms with E-state index < -0.39 is 0 Å². The van der Waals surface area contributed by atoms with Crippen LogP contribution in [0.5, 0.6) is 0 Å². The molecule has 1 aliphatic carbocycles. The molecule has 1 saturated heterocycles. The van der Waals surface area contributed by atoms with E-state index in [9.17, 15) is 4.79 Å². The van der Waals surface area contributed by atoms with Gasteiger partial charge in [-0.05, 0) is 18.8 Å². The van der Waals surface area contributed by atoms with Gasteiger partial charge in [-0.3, -0.25) is 9.69 Å². The van der Waals surface area contributed by atoms with Crippen molar-refractivity contribution in [3.63, 3.8) is 0 Å². The lowest BCUT2D eigenvalue weighted by Crippen LogP contribution is -2.54. The number of nitrogens with two attached hydrogens (primary N) is 1. The van der Waals surface area contributed by atoms with Crippen LogP contribution in [-0.2, 0) is 4.79 Å². The molecule has 0 spiro atoms. The minimum Gasteiger partial charge on any atom is -0.339 e. The number of carbonyl (C=O) groups excluding carboxylic acids is 1. The maximum absolute atomic E-state index is 12.2. The third-order valence-corrected chi connectivity index (χ3v) is 4.23. The Kier molecular flexibility index (Phi) is 4.05. The van der Waals surface area contributed by atoms with Gasteiger partial charge in [0.1, 0.15) is 0 Å². The Hall–Kier alpha value is -0.610. The highest BCUT2D eigenvalue weighted by molar-refractivity contribution is 5.82. The first-order valence-electron chi connectivity index (χ1n) is 6.92. The van der Waals surface area contributed by atoms with Gasteiger partial charge in [-0.1, -0.05) is 20.3 Å². The average Bonchev–Trinajstić information content (AvgIpc) is 3.20. The summed E-state index contributed by atoms with van der Waals surface area (Å²) in [4.78, 5) is 16.6. The maximum Gasteiger partial charge on any atom is 0.239 e. The topological polar surface area (TPSA) is 49.6 Å². The maximum atomic E-state index is 12.2. The van der Waals surface area contributed by atoms with Crippen LogP contribution in [0.2, 0.25) is 0 Å². The third-order valence-electron chi connectivity index (χ3n) is 4.23. The Balaban J connectivity index is 1.80. The van der Waals surface area contributed by atoms with Gasteiger partial charge in [0.05, 0.1) is 6.04 Å². The monoisotopic (exact) mass is 239 g/mol. The fraction of sp³-hybridized carbons (Fsp3) is 0.923. The first kappa shape index (κ1) is 12.8. The summed E-state index contributed by atoms with van der Waals surface area (Å²) in [5, 5.41) is 0. The summed E-state index contributed by atoms with van der Waals surface area (Å²) in [6, 6.07) is 0.503. The second-order valence-corrected chi connectivity index (χ2v) is 5.50.